The number of hydrogen-bond acceptors (Lipinski definition) is 3. The number of hydrogen-bond donors (Lipinski definition) is 2. The minimum Gasteiger partial charge on any atom is -0.396 e. The lowest BCUT2D eigenvalue weighted by Crippen LogP contribution is -1.97. The number of nitrogen functional groups attached to an aromatic ring is 2. The summed E-state index contributed by atoms with van der Waals surface area (Å²) in [6.45, 7) is 9.92. The molecule has 76 valence electrons. The van der Waals surface area contributed by atoms with Crippen LogP contribution in [0.25, 0.3) is 0 Å². The maximum absolute atomic E-state index is 5.43. The Morgan fingerprint density at radius 1 is 1.08 bits per heavy atom. The van der Waals surface area contributed by atoms with Crippen LogP contribution in [0, 0.1) is 6.92 Å². The molecule has 0 saturated carbocycles. The quantitative estimate of drug-likeness (QED) is 0.649. The molecule has 1 aromatic rings. The van der Waals surface area contributed by atoms with Gasteiger partial charge in [0.15, 0.2) is 0 Å². The second-order valence-corrected chi connectivity index (χ2v) is 1.99. The second kappa shape index (κ2) is 8.84. The van der Waals surface area contributed by atoms with E-state index in [9.17, 15) is 0 Å². The average molecular weight is 183 g/mol. The van der Waals surface area contributed by atoms with Crippen LogP contribution in [0.15, 0.2) is 12.3 Å². The molecular formula is C10H21N3. The molecule has 0 amide bonds. The number of rotatable bonds is 0. The summed E-state index contributed by atoms with van der Waals surface area (Å²) >= 11 is 0. The molecule has 0 spiro atoms. The van der Waals surface area contributed by atoms with E-state index in [1.54, 1.807) is 12.3 Å². The number of anilines is 2. The minimum absolute atomic E-state index is 0.403. The topological polar surface area (TPSA) is 64.9 Å². The van der Waals surface area contributed by atoms with Gasteiger partial charge >= 0.3 is 0 Å². The molecule has 3 nitrogen and oxygen atoms in total. The fraction of sp³-hybridized carbons (Fsp3) is 0.500. The Morgan fingerprint density at radius 2 is 1.54 bits per heavy atom. The monoisotopic (exact) mass is 183 g/mol. The van der Waals surface area contributed by atoms with E-state index >= 15 is 0 Å². The Labute approximate surface area is 81.2 Å². The fourth-order valence-electron chi connectivity index (χ4n) is 0.602. The Balaban J connectivity index is 0. The van der Waals surface area contributed by atoms with Crippen molar-refractivity contribution < 1.29 is 0 Å². The predicted octanol–water partition coefficient (Wildman–Crippen LogP) is 2.61. The maximum Gasteiger partial charge on any atom is 0.146 e. The molecule has 3 heteroatoms. The van der Waals surface area contributed by atoms with E-state index < -0.39 is 0 Å². The number of aromatic nitrogens is 1. The third-order valence-corrected chi connectivity index (χ3v) is 1.09. The summed E-state index contributed by atoms with van der Waals surface area (Å²) in [7, 11) is 0. The first-order valence-corrected chi connectivity index (χ1v) is 4.68. The third-order valence-electron chi connectivity index (χ3n) is 1.09. The molecule has 1 rings (SSSR count). The van der Waals surface area contributed by atoms with Gasteiger partial charge in [-0.2, -0.15) is 0 Å². The van der Waals surface area contributed by atoms with E-state index in [1.807, 2.05) is 34.6 Å². The van der Waals surface area contributed by atoms with E-state index in [2.05, 4.69) is 4.98 Å². The highest BCUT2D eigenvalue weighted by Gasteiger charge is 1.92. The van der Waals surface area contributed by atoms with Gasteiger partial charge in [0.05, 0.1) is 5.69 Å². The molecule has 0 unspecified atom stereocenters. The summed E-state index contributed by atoms with van der Waals surface area (Å²) in [5.41, 5.74) is 12.4. The first kappa shape index (κ1) is 14.3. The van der Waals surface area contributed by atoms with E-state index in [1.165, 1.54) is 0 Å². The van der Waals surface area contributed by atoms with Crippen LogP contribution in [0.5, 0.6) is 0 Å². The van der Waals surface area contributed by atoms with Crippen molar-refractivity contribution in [1.29, 1.82) is 0 Å². The summed E-state index contributed by atoms with van der Waals surface area (Å²) in [6, 6.07) is 1.79. The van der Waals surface area contributed by atoms with Crippen molar-refractivity contribution in [1.82, 2.24) is 4.98 Å². The van der Waals surface area contributed by atoms with E-state index in [4.69, 9.17) is 11.5 Å². The first-order valence-electron chi connectivity index (χ1n) is 4.68. The molecule has 0 bridgehead atoms. The summed E-state index contributed by atoms with van der Waals surface area (Å²) in [4.78, 5) is 3.83. The molecule has 0 aromatic carbocycles. The molecule has 0 aliphatic rings. The molecule has 0 radical (unpaired) electrons. The smallest absolute Gasteiger partial charge is 0.146 e. The van der Waals surface area contributed by atoms with Crippen LogP contribution in [-0.4, -0.2) is 4.98 Å². The van der Waals surface area contributed by atoms with Crippen molar-refractivity contribution in [2.45, 2.75) is 34.6 Å². The van der Waals surface area contributed by atoms with Crippen molar-refractivity contribution in [3.63, 3.8) is 0 Å². The second-order valence-electron chi connectivity index (χ2n) is 1.99. The lowest BCUT2D eigenvalue weighted by molar-refractivity contribution is 1.28. The van der Waals surface area contributed by atoms with Gasteiger partial charge in [-0.3, -0.25) is 0 Å². The molecule has 0 aliphatic heterocycles. The number of aryl methyl sites for hydroxylation is 1. The normalized spacial score (nSPS) is 7.46. The minimum atomic E-state index is 0.403. The third kappa shape index (κ3) is 5.96. The summed E-state index contributed by atoms with van der Waals surface area (Å²) in [5.74, 6) is 0.403. The zero-order valence-corrected chi connectivity index (χ0v) is 9.26. The van der Waals surface area contributed by atoms with Crippen molar-refractivity contribution in [3.8, 4) is 0 Å². The Morgan fingerprint density at radius 3 is 1.85 bits per heavy atom. The van der Waals surface area contributed by atoms with Gasteiger partial charge in [0.25, 0.3) is 0 Å². The van der Waals surface area contributed by atoms with Crippen LogP contribution < -0.4 is 11.5 Å². The Hall–Kier alpha value is -1.25. The van der Waals surface area contributed by atoms with Gasteiger partial charge in [0.2, 0.25) is 0 Å². The van der Waals surface area contributed by atoms with Crippen molar-refractivity contribution >= 4 is 11.5 Å². The zero-order chi connectivity index (χ0) is 10.9. The van der Waals surface area contributed by atoms with Crippen LogP contribution in [0.2, 0.25) is 0 Å². The molecule has 0 saturated heterocycles. The Kier molecular flexibility index (Phi) is 9.72. The number of nitrogens with zero attached hydrogens (tertiary/aromatic N) is 1. The molecule has 1 aromatic heterocycles. The fourth-order valence-corrected chi connectivity index (χ4v) is 0.602. The first-order chi connectivity index (χ1) is 6.20. The van der Waals surface area contributed by atoms with Crippen LogP contribution in [0.4, 0.5) is 11.5 Å². The highest BCUT2D eigenvalue weighted by Crippen LogP contribution is 2.10. The number of nitrogens with two attached hydrogens (primary N) is 2. The van der Waals surface area contributed by atoms with Gasteiger partial charge in [-0.15, -0.1) is 0 Å². The maximum atomic E-state index is 5.43. The van der Waals surface area contributed by atoms with Crippen molar-refractivity contribution in [2.75, 3.05) is 11.5 Å². The van der Waals surface area contributed by atoms with Gasteiger partial charge in [0.1, 0.15) is 5.82 Å². The van der Waals surface area contributed by atoms with Gasteiger partial charge in [-0.1, -0.05) is 27.7 Å². The summed E-state index contributed by atoms with van der Waals surface area (Å²) in [5, 5.41) is 0. The molecule has 4 N–H and O–H groups in total. The van der Waals surface area contributed by atoms with Crippen LogP contribution >= 0.6 is 0 Å². The van der Waals surface area contributed by atoms with Crippen molar-refractivity contribution in [3.05, 3.63) is 17.8 Å². The van der Waals surface area contributed by atoms with Crippen LogP contribution in [0.3, 0.4) is 0 Å². The lowest BCUT2D eigenvalue weighted by Gasteiger charge is -1.97. The van der Waals surface area contributed by atoms with Crippen molar-refractivity contribution in [2.24, 2.45) is 0 Å². The van der Waals surface area contributed by atoms with Gasteiger partial charge in [0, 0.05) is 6.20 Å². The largest absolute Gasteiger partial charge is 0.396 e. The SMILES string of the molecule is CC.CC.Cc1cnc(N)c(N)c1. The zero-order valence-electron chi connectivity index (χ0n) is 9.26. The predicted molar refractivity (Wildman–Crippen MR) is 60.5 cm³/mol. The van der Waals surface area contributed by atoms with Gasteiger partial charge in [-0.25, -0.2) is 4.98 Å². The standard InChI is InChI=1S/C6H9N3.2C2H6/c1-4-2-5(7)6(8)9-3-4;2*1-2/h2-3H,7H2,1H3,(H2,8,9);2*1-2H3. The summed E-state index contributed by atoms with van der Waals surface area (Å²) in [6.07, 6.45) is 1.69. The average Bonchev–Trinajstić information content (AvgIpc) is 2.18. The molecule has 1 heterocycles. The van der Waals surface area contributed by atoms with Crippen LogP contribution in [-0.2, 0) is 0 Å². The van der Waals surface area contributed by atoms with E-state index in [0.717, 1.165) is 5.56 Å². The van der Waals surface area contributed by atoms with E-state index in [-0.39, 0.29) is 0 Å². The van der Waals surface area contributed by atoms with Gasteiger partial charge < -0.3 is 11.5 Å². The molecule has 13 heavy (non-hydrogen) atoms. The summed E-state index contributed by atoms with van der Waals surface area (Å²) < 4.78 is 0. The number of pyridine rings is 1. The molecule has 0 atom stereocenters. The highest BCUT2D eigenvalue weighted by atomic mass is 14.9. The molecular weight excluding hydrogens is 162 g/mol. The molecule has 0 fully saturated rings. The highest BCUT2D eigenvalue weighted by molar-refractivity contribution is 5.58. The van der Waals surface area contributed by atoms with Crippen LogP contribution in [0.1, 0.15) is 33.3 Å². The molecule has 0 aliphatic carbocycles. The van der Waals surface area contributed by atoms with E-state index in [0.29, 0.717) is 11.5 Å². The van der Waals surface area contributed by atoms with Gasteiger partial charge in [-0.05, 0) is 18.6 Å². The lowest BCUT2D eigenvalue weighted by atomic mass is 10.3. The Bertz CT molecular complexity index is 221.